The summed E-state index contributed by atoms with van der Waals surface area (Å²) in [5.74, 6) is -0.365. The van der Waals surface area contributed by atoms with Crippen molar-refractivity contribution in [3.8, 4) is 11.7 Å². The third kappa shape index (κ3) is 3.90. The summed E-state index contributed by atoms with van der Waals surface area (Å²) in [6.45, 7) is 0.500. The molecule has 9 nitrogen and oxygen atoms in total. The Bertz CT molecular complexity index is 1080. The lowest BCUT2D eigenvalue weighted by molar-refractivity contribution is -0.121. The molecule has 1 amide bonds. The standard InChI is InChI=1S/C16H15BrN4O5S2/c17-12-6-5-11(25-12)15-19-20-16(26-15)18-14(22)10-3-1-7-21(9-10)28(23,24)13-4-2-8-27-13/h2,4-6,8,10H,1,3,7,9H2,(H,18,20,22). The number of furan rings is 1. The molecule has 148 valence electrons. The first-order valence-electron chi connectivity index (χ1n) is 8.37. The van der Waals surface area contributed by atoms with E-state index < -0.39 is 15.9 Å². The number of aromatic nitrogens is 2. The number of sulfonamides is 1. The monoisotopic (exact) mass is 486 g/mol. The fourth-order valence-electron chi connectivity index (χ4n) is 2.92. The van der Waals surface area contributed by atoms with Crippen molar-refractivity contribution < 1.29 is 22.0 Å². The average molecular weight is 487 g/mol. The number of hydrogen-bond acceptors (Lipinski definition) is 8. The van der Waals surface area contributed by atoms with Gasteiger partial charge in [0.15, 0.2) is 10.4 Å². The number of amides is 1. The van der Waals surface area contributed by atoms with Crippen molar-refractivity contribution in [3.63, 3.8) is 0 Å². The molecule has 0 radical (unpaired) electrons. The highest BCUT2D eigenvalue weighted by molar-refractivity contribution is 9.10. The molecule has 3 aromatic rings. The van der Waals surface area contributed by atoms with E-state index in [-0.39, 0.29) is 28.6 Å². The SMILES string of the molecule is O=C(Nc1nnc(-c2ccc(Br)o2)o1)C1CCCN(S(=O)(=O)c2cccs2)C1. The lowest BCUT2D eigenvalue weighted by atomic mass is 9.99. The summed E-state index contributed by atoms with van der Waals surface area (Å²) in [7, 11) is -3.58. The number of nitrogens with zero attached hydrogens (tertiary/aromatic N) is 3. The number of hydrogen-bond donors (Lipinski definition) is 1. The van der Waals surface area contributed by atoms with E-state index in [1.165, 1.54) is 4.31 Å². The van der Waals surface area contributed by atoms with Crippen molar-refractivity contribution in [1.82, 2.24) is 14.5 Å². The lowest BCUT2D eigenvalue weighted by Crippen LogP contribution is -2.43. The number of thiophene rings is 1. The molecule has 28 heavy (non-hydrogen) atoms. The molecule has 1 fully saturated rings. The molecule has 4 rings (SSSR count). The smallest absolute Gasteiger partial charge is 0.322 e. The maximum atomic E-state index is 12.7. The quantitative estimate of drug-likeness (QED) is 0.587. The summed E-state index contributed by atoms with van der Waals surface area (Å²) in [5.41, 5.74) is 0. The Morgan fingerprint density at radius 2 is 2.14 bits per heavy atom. The van der Waals surface area contributed by atoms with Gasteiger partial charge in [0.05, 0.1) is 5.92 Å². The molecule has 4 heterocycles. The zero-order chi connectivity index (χ0) is 19.7. The van der Waals surface area contributed by atoms with E-state index in [2.05, 4.69) is 31.4 Å². The zero-order valence-corrected chi connectivity index (χ0v) is 17.6. The summed E-state index contributed by atoms with van der Waals surface area (Å²) in [6, 6.07) is 6.53. The molecule has 1 aliphatic rings. The Morgan fingerprint density at radius 3 is 2.86 bits per heavy atom. The van der Waals surface area contributed by atoms with Crippen LogP contribution in [0.4, 0.5) is 6.01 Å². The van der Waals surface area contributed by atoms with Crippen molar-refractivity contribution in [2.24, 2.45) is 5.92 Å². The van der Waals surface area contributed by atoms with Crippen molar-refractivity contribution in [1.29, 1.82) is 0 Å². The number of nitrogens with one attached hydrogen (secondary N) is 1. The predicted octanol–water partition coefficient (Wildman–Crippen LogP) is 3.19. The van der Waals surface area contributed by atoms with E-state index >= 15 is 0 Å². The van der Waals surface area contributed by atoms with Gasteiger partial charge >= 0.3 is 6.01 Å². The van der Waals surface area contributed by atoms with E-state index in [1.54, 1.807) is 29.6 Å². The van der Waals surface area contributed by atoms with Crippen LogP contribution >= 0.6 is 27.3 Å². The first-order valence-corrected chi connectivity index (χ1v) is 11.5. The minimum absolute atomic E-state index is 0.0641. The van der Waals surface area contributed by atoms with Gasteiger partial charge < -0.3 is 8.83 Å². The Labute approximate surface area is 172 Å². The van der Waals surface area contributed by atoms with Crippen LogP contribution in [0.1, 0.15) is 12.8 Å². The summed E-state index contributed by atoms with van der Waals surface area (Å²) in [5, 5.41) is 11.9. The topological polar surface area (TPSA) is 119 Å². The molecule has 0 aromatic carbocycles. The van der Waals surface area contributed by atoms with Gasteiger partial charge in [-0.2, -0.15) is 4.31 Å². The van der Waals surface area contributed by atoms with E-state index in [0.717, 1.165) is 11.3 Å². The molecular formula is C16H15BrN4O5S2. The lowest BCUT2D eigenvalue weighted by Gasteiger charge is -2.30. The molecule has 3 aromatic heterocycles. The molecule has 1 saturated heterocycles. The first kappa shape index (κ1) is 19.3. The second-order valence-electron chi connectivity index (χ2n) is 6.14. The van der Waals surface area contributed by atoms with Gasteiger partial charge in [0.2, 0.25) is 5.91 Å². The van der Waals surface area contributed by atoms with Crippen LogP contribution in [-0.2, 0) is 14.8 Å². The highest BCUT2D eigenvalue weighted by Crippen LogP contribution is 2.28. The van der Waals surface area contributed by atoms with E-state index in [0.29, 0.717) is 29.8 Å². The average Bonchev–Trinajstić information content (AvgIpc) is 3.43. The first-order chi connectivity index (χ1) is 13.4. The summed E-state index contributed by atoms with van der Waals surface area (Å²) in [4.78, 5) is 12.6. The van der Waals surface area contributed by atoms with Crippen LogP contribution < -0.4 is 5.32 Å². The van der Waals surface area contributed by atoms with E-state index in [9.17, 15) is 13.2 Å². The van der Waals surface area contributed by atoms with Gasteiger partial charge in [0, 0.05) is 13.1 Å². The molecule has 0 spiro atoms. The van der Waals surface area contributed by atoms with Gasteiger partial charge in [-0.05, 0) is 52.4 Å². The maximum absolute atomic E-state index is 12.7. The molecule has 0 bridgehead atoms. The number of rotatable bonds is 5. The van der Waals surface area contributed by atoms with E-state index in [1.807, 2.05) is 0 Å². The Balaban J connectivity index is 1.43. The zero-order valence-electron chi connectivity index (χ0n) is 14.4. The van der Waals surface area contributed by atoms with Crippen LogP contribution in [0.3, 0.4) is 0 Å². The van der Waals surface area contributed by atoms with Crippen LogP contribution in [0.25, 0.3) is 11.7 Å². The van der Waals surface area contributed by atoms with Gasteiger partial charge in [-0.1, -0.05) is 11.2 Å². The molecular weight excluding hydrogens is 472 g/mol. The summed E-state index contributed by atoms with van der Waals surface area (Å²) >= 11 is 4.35. The van der Waals surface area contributed by atoms with Crippen LogP contribution in [0, 0.1) is 5.92 Å². The molecule has 0 aliphatic carbocycles. The minimum atomic E-state index is -3.58. The van der Waals surface area contributed by atoms with Crippen molar-refractivity contribution in [2.75, 3.05) is 18.4 Å². The third-order valence-electron chi connectivity index (χ3n) is 4.28. The highest BCUT2D eigenvalue weighted by atomic mass is 79.9. The van der Waals surface area contributed by atoms with Crippen molar-refractivity contribution in [2.45, 2.75) is 17.1 Å². The second kappa shape index (κ2) is 7.78. The molecule has 0 saturated carbocycles. The normalized spacial score (nSPS) is 18.2. The number of halogens is 1. The predicted molar refractivity (Wildman–Crippen MR) is 104 cm³/mol. The van der Waals surface area contributed by atoms with Gasteiger partial charge in [-0.15, -0.1) is 16.4 Å². The van der Waals surface area contributed by atoms with Crippen LogP contribution in [0.15, 0.2) is 47.4 Å². The number of piperidine rings is 1. The highest BCUT2D eigenvalue weighted by Gasteiger charge is 2.34. The Hall–Kier alpha value is -2.02. The maximum Gasteiger partial charge on any atom is 0.322 e. The van der Waals surface area contributed by atoms with Gasteiger partial charge in [-0.25, -0.2) is 8.42 Å². The fraction of sp³-hybridized carbons (Fsp3) is 0.312. The number of anilines is 1. The van der Waals surface area contributed by atoms with Crippen molar-refractivity contribution in [3.05, 3.63) is 34.3 Å². The molecule has 1 unspecified atom stereocenters. The Morgan fingerprint density at radius 1 is 1.29 bits per heavy atom. The molecule has 1 atom stereocenters. The largest absolute Gasteiger partial charge is 0.444 e. The summed E-state index contributed by atoms with van der Waals surface area (Å²) < 4.78 is 38.2. The van der Waals surface area contributed by atoms with Gasteiger partial charge in [0.25, 0.3) is 15.9 Å². The third-order valence-corrected chi connectivity index (χ3v) is 7.95. The van der Waals surface area contributed by atoms with Crippen molar-refractivity contribution >= 4 is 49.2 Å². The van der Waals surface area contributed by atoms with Crippen LogP contribution in [0.2, 0.25) is 0 Å². The summed E-state index contributed by atoms with van der Waals surface area (Å²) in [6.07, 6.45) is 1.17. The Kier molecular flexibility index (Phi) is 5.36. The van der Waals surface area contributed by atoms with Gasteiger partial charge in [-0.3, -0.25) is 10.1 Å². The van der Waals surface area contributed by atoms with Gasteiger partial charge in [0.1, 0.15) is 4.21 Å². The minimum Gasteiger partial charge on any atom is -0.444 e. The molecule has 1 aliphatic heterocycles. The number of carbonyl (C=O) groups is 1. The number of carbonyl (C=O) groups excluding carboxylic acids is 1. The fourth-order valence-corrected chi connectivity index (χ4v) is 5.90. The molecule has 1 N–H and O–H groups in total. The second-order valence-corrected chi connectivity index (χ2v) is 10.0. The van der Waals surface area contributed by atoms with Crippen LogP contribution in [0.5, 0.6) is 0 Å². The van der Waals surface area contributed by atoms with E-state index in [4.69, 9.17) is 8.83 Å². The van der Waals surface area contributed by atoms with Crippen LogP contribution in [-0.4, -0.2) is 41.9 Å². The molecule has 12 heteroatoms.